The van der Waals surface area contributed by atoms with E-state index in [1.807, 2.05) is 0 Å². The van der Waals surface area contributed by atoms with Gasteiger partial charge in [0.05, 0.1) is 22.2 Å². The summed E-state index contributed by atoms with van der Waals surface area (Å²) in [4.78, 5) is 22.1. The number of amides is 1. The number of ether oxygens (including phenoxy) is 1. The lowest BCUT2D eigenvalue weighted by Crippen LogP contribution is -2.17. The van der Waals surface area contributed by atoms with E-state index in [2.05, 4.69) is 26.5 Å². The fourth-order valence-corrected chi connectivity index (χ4v) is 4.52. The molecule has 1 N–H and O–H groups in total. The summed E-state index contributed by atoms with van der Waals surface area (Å²) in [6.07, 6.45) is 1.33. The number of nitrogens with one attached hydrogen (secondary N) is 1. The summed E-state index contributed by atoms with van der Waals surface area (Å²) >= 11 is 9.07. The molecule has 0 atom stereocenters. The number of nitrogens with zero attached hydrogens (tertiary/aromatic N) is 2. The molecule has 3 aromatic rings. The molecular weight excluding hydrogens is 566 g/mol. The second kappa shape index (κ2) is 11.3. The number of non-ortho nitro benzene ring substituents is 1. The van der Waals surface area contributed by atoms with Gasteiger partial charge in [0.15, 0.2) is 11.5 Å². The normalized spacial score (nSPS) is 11.3. The van der Waals surface area contributed by atoms with E-state index in [1.165, 1.54) is 36.5 Å². The van der Waals surface area contributed by atoms with E-state index in [4.69, 9.17) is 20.5 Å². The van der Waals surface area contributed by atoms with Gasteiger partial charge in [-0.1, -0.05) is 17.7 Å². The minimum absolute atomic E-state index is 0.0707. The van der Waals surface area contributed by atoms with Crippen LogP contribution in [-0.2, 0) is 10.1 Å². The SMILES string of the molecule is CCOc1cc(/C=N\NC(=O)c2ccc(Cl)cc2)cc(Br)c1OS(=O)(=O)c1cccc([N+](=O)[O-])c1. The van der Waals surface area contributed by atoms with Crippen molar-refractivity contribution in [2.75, 3.05) is 6.61 Å². The van der Waals surface area contributed by atoms with Gasteiger partial charge in [-0.2, -0.15) is 13.5 Å². The Morgan fingerprint density at radius 1 is 1.20 bits per heavy atom. The number of nitro groups is 1. The minimum atomic E-state index is -4.42. The van der Waals surface area contributed by atoms with Gasteiger partial charge in [0.2, 0.25) is 0 Å². The van der Waals surface area contributed by atoms with E-state index < -0.39 is 31.5 Å². The number of hydrogen-bond donors (Lipinski definition) is 1. The van der Waals surface area contributed by atoms with Crippen LogP contribution < -0.4 is 14.3 Å². The zero-order valence-electron chi connectivity index (χ0n) is 18.0. The van der Waals surface area contributed by atoms with E-state index in [1.54, 1.807) is 31.2 Å². The third-order valence-corrected chi connectivity index (χ3v) is 6.39. The van der Waals surface area contributed by atoms with E-state index in [0.29, 0.717) is 16.1 Å². The molecule has 0 fully saturated rings. The quantitative estimate of drug-likeness (QED) is 0.163. The van der Waals surface area contributed by atoms with Gasteiger partial charge in [0, 0.05) is 22.7 Å². The van der Waals surface area contributed by atoms with Gasteiger partial charge in [-0.15, -0.1) is 0 Å². The summed E-state index contributed by atoms with van der Waals surface area (Å²) < 4.78 is 36.5. The van der Waals surface area contributed by atoms with Crippen LogP contribution >= 0.6 is 27.5 Å². The molecule has 0 bridgehead atoms. The molecule has 3 aromatic carbocycles. The maximum Gasteiger partial charge on any atom is 0.339 e. The Kier molecular flexibility index (Phi) is 8.43. The highest BCUT2D eigenvalue weighted by Crippen LogP contribution is 2.38. The molecule has 0 radical (unpaired) electrons. The highest BCUT2D eigenvalue weighted by atomic mass is 79.9. The third-order valence-electron chi connectivity index (χ3n) is 4.33. The van der Waals surface area contributed by atoms with Gasteiger partial charge in [0.25, 0.3) is 11.6 Å². The predicted molar refractivity (Wildman–Crippen MR) is 133 cm³/mol. The Morgan fingerprint density at radius 3 is 2.57 bits per heavy atom. The van der Waals surface area contributed by atoms with Gasteiger partial charge in [-0.05, 0) is 70.9 Å². The van der Waals surface area contributed by atoms with Gasteiger partial charge >= 0.3 is 10.1 Å². The van der Waals surface area contributed by atoms with Crippen molar-refractivity contribution in [2.45, 2.75) is 11.8 Å². The molecule has 3 rings (SSSR count). The van der Waals surface area contributed by atoms with E-state index in [9.17, 15) is 23.3 Å². The van der Waals surface area contributed by atoms with Crippen LogP contribution in [0.3, 0.4) is 0 Å². The highest BCUT2D eigenvalue weighted by molar-refractivity contribution is 9.10. The van der Waals surface area contributed by atoms with Crippen LogP contribution in [0.5, 0.6) is 11.5 Å². The van der Waals surface area contributed by atoms with Crippen molar-refractivity contribution in [3.8, 4) is 11.5 Å². The molecule has 0 aliphatic carbocycles. The topological polar surface area (TPSA) is 137 Å². The van der Waals surface area contributed by atoms with Crippen molar-refractivity contribution >= 4 is 55.5 Å². The first kappa shape index (κ1) is 26.1. The first-order chi connectivity index (χ1) is 16.6. The fraction of sp³-hybridized carbons (Fsp3) is 0.0909. The first-order valence-corrected chi connectivity index (χ1v) is 12.4. The van der Waals surface area contributed by atoms with Crippen LogP contribution in [0.2, 0.25) is 5.02 Å². The number of carbonyl (C=O) groups excluding carboxylic acids is 1. The van der Waals surface area contributed by atoms with Crippen LogP contribution in [0.1, 0.15) is 22.8 Å². The Bertz CT molecular complexity index is 1400. The average molecular weight is 583 g/mol. The van der Waals surface area contributed by atoms with Crippen molar-refractivity contribution in [3.63, 3.8) is 0 Å². The second-order valence-corrected chi connectivity index (χ2v) is 9.60. The molecule has 0 aromatic heterocycles. The summed E-state index contributed by atoms with van der Waals surface area (Å²) in [6, 6.07) is 13.7. The molecule has 0 aliphatic heterocycles. The first-order valence-electron chi connectivity index (χ1n) is 9.85. The van der Waals surface area contributed by atoms with Crippen LogP contribution in [0.15, 0.2) is 75.1 Å². The molecule has 1 amide bonds. The van der Waals surface area contributed by atoms with E-state index in [-0.39, 0.29) is 22.6 Å². The number of hydrazone groups is 1. The Labute approximate surface area is 213 Å². The lowest BCUT2D eigenvalue weighted by Gasteiger charge is -2.14. The lowest BCUT2D eigenvalue weighted by atomic mass is 10.2. The van der Waals surface area contributed by atoms with Crippen LogP contribution in [0.4, 0.5) is 5.69 Å². The monoisotopic (exact) mass is 581 g/mol. The predicted octanol–water partition coefficient (Wildman–Crippen LogP) is 4.94. The Morgan fingerprint density at radius 2 is 1.91 bits per heavy atom. The van der Waals surface area contributed by atoms with Crippen molar-refractivity contribution < 1.29 is 27.1 Å². The van der Waals surface area contributed by atoms with Gasteiger partial charge in [-0.25, -0.2) is 5.43 Å². The fourth-order valence-electron chi connectivity index (χ4n) is 2.75. The van der Waals surface area contributed by atoms with Crippen LogP contribution in [0, 0.1) is 10.1 Å². The Hall–Kier alpha value is -3.48. The van der Waals surface area contributed by atoms with Gasteiger partial charge in [0.1, 0.15) is 4.90 Å². The second-order valence-electron chi connectivity index (χ2n) is 6.76. The molecule has 0 saturated heterocycles. The van der Waals surface area contributed by atoms with Crippen molar-refractivity contribution in [3.05, 3.63) is 91.4 Å². The maximum atomic E-state index is 12.8. The number of halogens is 2. The molecule has 0 aliphatic rings. The number of rotatable bonds is 9. The summed E-state index contributed by atoms with van der Waals surface area (Å²) in [5, 5.41) is 15.4. The maximum absolute atomic E-state index is 12.8. The molecule has 13 heteroatoms. The lowest BCUT2D eigenvalue weighted by molar-refractivity contribution is -0.385. The third kappa shape index (κ3) is 6.78. The molecule has 35 heavy (non-hydrogen) atoms. The Balaban J connectivity index is 1.84. The summed E-state index contributed by atoms with van der Waals surface area (Å²) in [6.45, 7) is 1.88. The van der Waals surface area contributed by atoms with Crippen molar-refractivity contribution in [2.24, 2.45) is 5.10 Å². The number of nitro benzene ring substituents is 1. The largest absolute Gasteiger partial charge is 0.490 e. The van der Waals surface area contributed by atoms with Crippen LogP contribution in [-0.4, -0.2) is 32.1 Å². The van der Waals surface area contributed by atoms with Gasteiger partial charge < -0.3 is 8.92 Å². The zero-order chi connectivity index (χ0) is 25.6. The van der Waals surface area contributed by atoms with Gasteiger partial charge in [-0.3, -0.25) is 14.9 Å². The molecule has 0 spiro atoms. The standard InChI is InChI=1S/C22H17BrClN3O7S/c1-2-33-20-11-14(13-25-26-22(28)15-6-8-16(24)9-7-15)10-19(23)21(20)34-35(31,32)18-5-3-4-17(12-18)27(29)30/h3-13H,2H2,1H3,(H,26,28)/b25-13-. The molecular formula is C22H17BrClN3O7S. The minimum Gasteiger partial charge on any atom is -0.490 e. The van der Waals surface area contributed by atoms with E-state index in [0.717, 1.165) is 6.07 Å². The molecule has 10 nitrogen and oxygen atoms in total. The van der Waals surface area contributed by atoms with Crippen molar-refractivity contribution in [1.29, 1.82) is 0 Å². The molecule has 0 unspecified atom stereocenters. The summed E-state index contributed by atoms with van der Waals surface area (Å²) in [7, 11) is -4.42. The number of hydrogen-bond acceptors (Lipinski definition) is 8. The average Bonchev–Trinajstić information content (AvgIpc) is 2.82. The molecule has 0 saturated carbocycles. The zero-order valence-corrected chi connectivity index (χ0v) is 21.1. The highest BCUT2D eigenvalue weighted by Gasteiger charge is 2.24. The summed E-state index contributed by atoms with van der Waals surface area (Å²) in [5.41, 5.74) is 2.79. The summed E-state index contributed by atoms with van der Waals surface area (Å²) in [5.74, 6) is -0.535. The number of carbonyl (C=O) groups is 1. The van der Waals surface area contributed by atoms with Crippen LogP contribution in [0.25, 0.3) is 0 Å². The molecule has 182 valence electrons. The number of benzene rings is 3. The smallest absolute Gasteiger partial charge is 0.339 e. The van der Waals surface area contributed by atoms with Crippen molar-refractivity contribution in [1.82, 2.24) is 5.43 Å². The molecule has 0 heterocycles. The van der Waals surface area contributed by atoms with E-state index >= 15 is 0 Å².